The summed E-state index contributed by atoms with van der Waals surface area (Å²) in [6, 6.07) is 3.36. The summed E-state index contributed by atoms with van der Waals surface area (Å²) >= 11 is 0. The van der Waals surface area contributed by atoms with E-state index in [1.807, 2.05) is 19.3 Å². The third kappa shape index (κ3) is 3.37. The van der Waals surface area contributed by atoms with Gasteiger partial charge in [-0.2, -0.15) is 5.10 Å². The van der Waals surface area contributed by atoms with Gasteiger partial charge < -0.3 is 9.88 Å². The molecule has 3 aromatic rings. The van der Waals surface area contributed by atoms with E-state index in [4.69, 9.17) is 0 Å². The SMILES string of the molecule is CCCn1cc(-n2cc(-c3cnc(NC4(C)CC4)nc3)cn2)ccc1=O. The molecule has 0 bridgehead atoms. The first-order chi connectivity index (χ1) is 12.6. The summed E-state index contributed by atoms with van der Waals surface area (Å²) in [5.41, 5.74) is 2.86. The van der Waals surface area contributed by atoms with Crippen LogP contribution in [-0.4, -0.2) is 29.9 Å². The van der Waals surface area contributed by atoms with Crippen molar-refractivity contribution in [3.8, 4) is 16.8 Å². The van der Waals surface area contributed by atoms with Gasteiger partial charge in [-0.25, -0.2) is 14.6 Å². The van der Waals surface area contributed by atoms with Crippen LogP contribution in [0.4, 0.5) is 5.95 Å². The second kappa shape index (κ2) is 6.40. The van der Waals surface area contributed by atoms with E-state index in [0.29, 0.717) is 12.5 Å². The van der Waals surface area contributed by atoms with Gasteiger partial charge in [0.2, 0.25) is 5.95 Å². The van der Waals surface area contributed by atoms with Gasteiger partial charge >= 0.3 is 0 Å². The van der Waals surface area contributed by atoms with Crippen LogP contribution >= 0.6 is 0 Å². The van der Waals surface area contributed by atoms with Crippen LogP contribution in [0.1, 0.15) is 33.1 Å². The molecular weight excluding hydrogens is 328 g/mol. The first-order valence-corrected chi connectivity index (χ1v) is 8.92. The van der Waals surface area contributed by atoms with Gasteiger partial charge in [0.1, 0.15) is 0 Å². The maximum Gasteiger partial charge on any atom is 0.250 e. The van der Waals surface area contributed by atoms with Gasteiger partial charge in [0, 0.05) is 54.1 Å². The Morgan fingerprint density at radius 2 is 1.88 bits per heavy atom. The van der Waals surface area contributed by atoms with E-state index >= 15 is 0 Å². The fourth-order valence-electron chi connectivity index (χ4n) is 2.81. The molecule has 1 aliphatic rings. The zero-order valence-electron chi connectivity index (χ0n) is 15.0. The van der Waals surface area contributed by atoms with Crippen molar-refractivity contribution in [2.24, 2.45) is 0 Å². The van der Waals surface area contributed by atoms with E-state index in [0.717, 1.165) is 36.1 Å². The number of nitrogens with one attached hydrogen (secondary N) is 1. The minimum Gasteiger partial charge on any atom is -0.349 e. The standard InChI is InChI=1S/C19H22N6O/c1-3-8-24-13-16(4-5-17(24)26)25-12-15(11-22-25)14-9-20-18(21-10-14)23-19(2)6-7-19/h4-5,9-13H,3,6-8H2,1-2H3,(H,20,21,23). The molecule has 1 aliphatic carbocycles. The smallest absolute Gasteiger partial charge is 0.250 e. The second-order valence-corrected chi connectivity index (χ2v) is 7.07. The molecule has 4 rings (SSSR count). The average Bonchev–Trinajstić information content (AvgIpc) is 3.17. The van der Waals surface area contributed by atoms with Crippen LogP contribution in [0.3, 0.4) is 0 Å². The van der Waals surface area contributed by atoms with Crippen LogP contribution in [-0.2, 0) is 6.54 Å². The molecule has 0 unspecified atom stereocenters. The van der Waals surface area contributed by atoms with Crippen molar-refractivity contribution in [1.82, 2.24) is 24.3 Å². The third-order valence-corrected chi connectivity index (χ3v) is 4.68. The predicted molar refractivity (Wildman–Crippen MR) is 100 cm³/mol. The Kier molecular flexibility index (Phi) is 4.06. The number of anilines is 1. The molecule has 1 fully saturated rings. The number of rotatable bonds is 6. The van der Waals surface area contributed by atoms with Crippen molar-refractivity contribution in [1.29, 1.82) is 0 Å². The molecule has 0 spiro atoms. The lowest BCUT2D eigenvalue weighted by molar-refractivity contribution is 0.648. The van der Waals surface area contributed by atoms with Gasteiger partial charge in [0.25, 0.3) is 5.56 Å². The highest BCUT2D eigenvalue weighted by Gasteiger charge is 2.37. The highest BCUT2D eigenvalue weighted by atomic mass is 16.1. The van der Waals surface area contributed by atoms with E-state index in [1.54, 1.807) is 40.0 Å². The van der Waals surface area contributed by atoms with Crippen LogP contribution < -0.4 is 10.9 Å². The molecule has 0 aliphatic heterocycles. The lowest BCUT2D eigenvalue weighted by atomic mass is 10.2. The van der Waals surface area contributed by atoms with Gasteiger partial charge in [0.15, 0.2) is 0 Å². The Labute approximate surface area is 151 Å². The predicted octanol–water partition coefficient (Wildman–Crippen LogP) is 2.87. The molecule has 0 radical (unpaired) electrons. The summed E-state index contributed by atoms with van der Waals surface area (Å²) in [4.78, 5) is 20.7. The van der Waals surface area contributed by atoms with E-state index in [2.05, 4.69) is 27.3 Å². The van der Waals surface area contributed by atoms with Crippen LogP contribution in [0.25, 0.3) is 16.8 Å². The fraction of sp³-hybridized carbons (Fsp3) is 0.368. The molecule has 1 saturated carbocycles. The largest absolute Gasteiger partial charge is 0.349 e. The number of nitrogens with zero attached hydrogens (tertiary/aromatic N) is 5. The van der Waals surface area contributed by atoms with Crippen molar-refractivity contribution >= 4 is 5.95 Å². The molecule has 134 valence electrons. The lowest BCUT2D eigenvalue weighted by Gasteiger charge is -2.10. The summed E-state index contributed by atoms with van der Waals surface area (Å²) in [5, 5.41) is 7.77. The number of hydrogen-bond donors (Lipinski definition) is 1. The zero-order valence-corrected chi connectivity index (χ0v) is 15.0. The molecule has 0 atom stereocenters. The molecule has 1 N–H and O–H groups in total. The molecule has 0 amide bonds. The summed E-state index contributed by atoms with van der Waals surface area (Å²) in [7, 11) is 0. The molecule has 0 aromatic carbocycles. The Morgan fingerprint density at radius 1 is 1.12 bits per heavy atom. The van der Waals surface area contributed by atoms with E-state index in [9.17, 15) is 4.79 Å². The first kappa shape index (κ1) is 16.5. The Balaban J connectivity index is 1.56. The minimum atomic E-state index is 0.00354. The zero-order chi connectivity index (χ0) is 18.1. The number of aryl methyl sites for hydroxylation is 1. The quantitative estimate of drug-likeness (QED) is 0.740. The summed E-state index contributed by atoms with van der Waals surface area (Å²) in [5.74, 6) is 0.660. The van der Waals surface area contributed by atoms with E-state index < -0.39 is 0 Å². The summed E-state index contributed by atoms with van der Waals surface area (Å²) in [6.45, 7) is 4.92. The maximum atomic E-state index is 11.9. The highest BCUT2D eigenvalue weighted by molar-refractivity contribution is 5.60. The minimum absolute atomic E-state index is 0.00354. The maximum absolute atomic E-state index is 11.9. The van der Waals surface area contributed by atoms with E-state index in [1.165, 1.54) is 0 Å². The van der Waals surface area contributed by atoms with Crippen LogP contribution in [0, 0.1) is 0 Å². The van der Waals surface area contributed by atoms with Crippen molar-refractivity contribution in [2.75, 3.05) is 5.32 Å². The number of pyridine rings is 1. The Bertz CT molecular complexity index is 968. The molecule has 26 heavy (non-hydrogen) atoms. The van der Waals surface area contributed by atoms with Gasteiger partial charge in [-0.1, -0.05) is 6.92 Å². The molecule has 0 saturated heterocycles. The van der Waals surface area contributed by atoms with Gasteiger partial charge in [-0.05, 0) is 32.3 Å². The van der Waals surface area contributed by atoms with Gasteiger partial charge in [0.05, 0.1) is 11.9 Å². The molecule has 3 heterocycles. The van der Waals surface area contributed by atoms with E-state index in [-0.39, 0.29) is 11.1 Å². The molecule has 3 aromatic heterocycles. The normalized spacial score (nSPS) is 15.0. The van der Waals surface area contributed by atoms with Gasteiger partial charge in [-0.3, -0.25) is 4.79 Å². The fourth-order valence-corrected chi connectivity index (χ4v) is 2.81. The first-order valence-electron chi connectivity index (χ1n) is 8.92. The number of hydrogen-bond acceptors (Lipinski definition) is 5. The molecule has 7 nitrogen and oxygen atoms in total. The third-order valence-electron chi connectivity index (χ3n) is 4.68. The highest BCUT2D eigenvalue weighted by Crippen LogP contribution is 2.37. The molecular formula is C19H22N6O. The monoisotopic (exact) mass is 350 g/mol. The lowest BCUT2D eigenvalue weighted by Crippen LogP contribution is -2.19. The Hall–Kier alpha value is -2.96. The Morgan fingerprint density at radius 3 is 2.58 bits per heavy atom. The van der Waals surface area contributed by atoms with Crippen LogP contribution in [0.5, 0.6) is 0 Å². The van der Waals surface area contributed by atoms with Crippen molar-refractivity contribution in [3.05, 3.63) is 53.5 Å². The van der Waals surface area contributed by atoms with Crippen LogP contribution in [0.2, 0.25) is 0 Å². The topological polar surface area (TPSA) is 77.6 Å². The van der Waals surface area contributed by atoms with Crippen LogP contribution in [0.15, 0.2) is 47.9 Å². The molecule has 7 heteroatoms. The second-order valence-electron chi connectivity index (χ2n) is 7.07. The summed E-state index contributed by atoms with van der Waals surface area (Å²) in [6.07, 6.45) is 12.4. The summed E-state index contributed by atoms with van der Waals surface area (Å²) < 4.78 is 3.47. The van der Waals surface area contributed by atoms with Crippen molar-refractivity contribution in [3.63, 3.8) is 0 Å². The van der Waals surface area contributed by atoms with Crippen molar-refractivity contribution in [2.45, 2.75) is 45.2 Å². The average molecular weight is 350 g/mol. The number of aromatic nitrogens is 5. The van der Waals surface area contributed by atoms with Crippen molar-refractivity contribution < 1.29 is 0 Å². The van der Waals surface area contributed by atoms with Gasteiger partial charge in [-0.15, -0.1) is 0 Å².